The molecule has 4 aromatic carbocycles. The van der Waals surface area contributed by atoms with Gasteiger partial charge in [0.1, 0.15) is 60.3 Å². The van der Waals surface area contributed by atoms with Crippen LogP contribution < -0.4 is 11.5 Å². The topological polar surface area (TPSA) is 390 Å². The zero-order chi connectivity index (χ0) is 56.8. The zero-order valence-electron chi connectivity index (χ0n) is 42.2. The standard InChI is InChI=1S/C48H52N10O19P4/c49-43-37-45(53-27-51-43)57(29-55-37)47-41(69-23-33-17-9-3-10-18-33)39(67-21-31-13-5-1-6-14-31)35(73-47)25-71-78(59,60)75-80(63,64)77-81(65,66)76-79(61,62)72-26-36-40(68-22-32-15-7-2-8-16-32)42(70-24-34-19-11-4-12-20-34)48(74-36)58-30-56-38-44(50)52-28-54-46(38)58/h1-20,27-30,35-36,39-42,47-48H,21-26H2,(H,59,60)(H,61,62)(H,63,64)(H,65,66)(H2,49,51,53)(H2,50,52,54)/t35-,36-,39-,40+,41-,42+,47-,48+/m1/s1. The molecule has 2 aliphatic rings. The number of ether oxygens (including phenoxy) is 6. The third kappa shape index (κ3) is 14.6. The molecule has 10 rings (SSSR count). The normalized spacial score (nSPS) is 24.1. The molecule has 4 unspecified atom stereocenters. The second-order valence-corrected chi connectivity index (χ2v) is 24.3. The number of nitrogens with two attached hydrogens (primary N) is 2. The van der Waals surface area contributed by atoms with Gasteiger partial charge in [0.2, 0.25) is 0 Å². The van der Waals surface area contributed by atoms with Gasteiger partial charge in [0, 0.05) is 0 Å². The Balaban J connectivity index is 0.826. The van der Waals surface area contributed by atoms with Gasteiger partial charge >= 0.3 is 31.3 Å². The summed E-state index contributed by atoms with van der Waals surface area (Å²) in [5, 5.41) is 0. The minimum Gasteiger partial charge on any atom is -0.382 e. The molecule has 33 heteroatoms. The third-order valence-electron chi connectivity index (χ3n) is 12.5. The fourth-order valence-electron chi connectivity index (χ4n) is 8.87. The number of benzene rings is 4. The van der Waals surface area contributed by atoms with Crippen LogP contribution in [0.3, 0.4) is 0 Å². The van der Waals surface area contributed by atoms with Crippen molar-refractivity contribution in [2.75, 3.05) is 24.7 Å². The van der Waals surface area contributed by atoms with Gasteiger partial charge in [0.05, 0.1) is 52.3 Å². The smallest absolute Gasteiger partial charge is 0.382 e. The van der Waals surface area contributed by atoms with Crippen molar-refractivity contribution in [3.63, 3.8) is 0 Å². The summed E-state index contributed by atoms with van der Waals surface area (Å²) in [4.78, 5) is 68.1. The number of hydrogen-bond donors (Lipinski definition) is 6. The van der Waals surface area contributed by atoms with Crippen LogP contribution in [0.15, 0.2) is 147 Å². The Morgan fingerprint density at radius 3 is 1.07 bits per heavy atom. The maximum atomic E-state index is 13.5. The molecule has 428 valence electrons. The highest BCUT2D eigenvalue weighted by Crippen LogP contribution is 2.71. The molecular weight excluding hydrogens is 1140 g/mol. The Morgan fingerprint density at radius 1 is 0.432 bits per heavy atom. The van der Waals surface area contributed by atoms with E-state index < -0.39 is 93.6 Å². The average Bonchev–Trinajstić information content (AvgIpc) is 4.24. The van der Waals surface area contributed by atoms with Crippen LogP contribution in [0, 0.1) is 0 Å². The summed E-state index contributed by atoms with van der Waals surface area (Å²) in [6.45, 7) is -1.87. The van der Waals surface area contributed by atoms with E-state index >= 15 is 0 Å². The van der Waals surface area contributed by atoms with Crippen LogP contribution >= 0.6 is 31.3 Å². The highest BCUT2D eigenvalue weighted by atomic mass is 31.3. The van der Waals surface area contributed by atoms with Gasteiger partial charge in [0.25, 0.3) is 0 Å². The van der Waals surface area contributed by atoms with Gasteiger partial charge in [-0.05, 0) is 22.3 Å². The van der Waals surface area contributed by atoms with Crippen molar-refractivity contribution in [3.05, 3.63) is 169 Å². The molecule has 8 aromatic rings. The Morgan fingerprint density at radius 2 is 0.741 bits per heavy atom. The maximum Gasteiger partial charge on any atom is 0.490 e. The van der Waals surface area contributed by atoms with E-state index in [0.717, 1.165) is 22.3 Å². The van der Waals surface area contributed by atoms with E-state index in [1.807, 2.05) is 60.7 Å². The second kappa shape index (κ2) is 25.2. The number of nitrogens with zero attached hydrogens (tertiary/aromatic N) is 8. The van der Waals surface area contributed by atoms with Crippen molar-refractivity contribution in [1.82, 2.24) is 39.0 Å². The number of nitrogen functional groups attached to an aromatic ring is 2. The van der Waals surface area contributed by atoms with E-state index in [9.17, 15) is 37.8 Å². The largest absolute Gasteiger partial charge is 0.490 e. The van der Waals surface area contributed by atoms with Crippen LogP contribution in [0.1, 0.15) is 34.7 Å². The number of aromatic nitrogens is 8. The zero-order valence-corrected chi connectivity index (χ0v) is 45.7. The van der Waals surface area contributed by atoms with Gasteiger partial charge in [-0.25, -0.2) is 48.2 Å². The lowest BCUT2D eigenvalue weighted by Gasteiger charge is -2.26. The first-order valence-corrected chi connectivity index (χ1v) is 30.4. The summed E-state index contributed by atoms with van der Waals surface area (Å²) in [5.41, 5.74) is 16.0. The van der Waals surface area contributed by atoms with Gasteiger partial charge < -0.3 is 59.5 Å². The van der Waals surface area contributed by atoms with Crippen molar-refractivity contribution >= 4 is 65.3 Å². The highest BCUT2D eigenvalue weighted by molar-refractivity contribution is 7.69. The predicted molar refractivity (Wildman–Crippen MR) is 282 cm³/mol. The van der Waals surface area contributed by atoms with E-state index in [4.69, 9.17) is 48.9 Å². The molecule has 8 N–H and O–H groups in total. The molecule has 81 heavy (non-hydrogen) atoms. The average molecular weight is 1200 g/mol. The van der Waals surface area contributed by atoms with E-state index in [-0.39, 0.29) is 60.4 Å². The summed E-state index contributed by atoms with van der Waals surface area (Å²) in [6.07, 6.45) is -4.19. The first-order chi connectivity index (χ1) is 38.9. The molecule has 0 aliphatic carbocycles. The quantitative estimate of drug-likeness (QED) is 0.0317. The molecule has 12 atom stereocenters. The van der Waals surface area contributed by atoms with Crippen LogP contribution in [-0.4, -0.2) is 108 Å². The van der Waals surface area contributed by atoms with Gasteiger partial charge in [0.15, 0.2) is 35.4 Å². The molecule has 2 saturated heterocycles. The molecule has 0 radical (unpaired) electrons. The summed E-state index contributed by atoms with van der Waals surface area (Å²) in [6, 6.07) is 36.1. The number of hydrogen-bond acceptors (Lipinski definition) is 23. The van der Waals surface area contributed by atoms with E-state index in [0.29, 0.717) is 0 Å². The number of rotatable bonds is 26. The molecule has 6 heterocycles. The van der Waals surface area contributed by atoms with Gasteiger partial charge in [-0.1, -0.05) is 121 Å². The van der Waals surface area contributed by atoms with Crippen molar-refractivity contribution in [1.29, 1.82) is 0 Å². The lowest BCUT2D eigenvalue weighted by molar-refractivity contribution is -0.0898. The van der Waals surface area contributed by atoms with Crippen LogP contribution in [0.25, 0.3) is 22.3 Å². The number of fused-ring (bicyclic) bond motifs is 2. The van der Waals surface area contributed by atoms with Crippen LogP contribution in [0.4, 0.5) is 11.6 Å². The lowest BCUT2D eigenvalue weighted by atomic mass is 10.1. The first-order valence-electron chi connectivity index (χ1n) is 24.4. The first kappa shape index (κ1) is 58.1. The summed E-state index contributed by atoms with van der Waals surface area (Å²) in [5.74, 6) is 0.120. The van der Waals surface area contributed by atoms with E-state index in [1.54, 1.807) is 60.7 Å². The molecule has 0 saturated carbocycles. The number of anilines is 2. The lowest BCUT2D eigenvalue weighted by Crippen LogP contribution is -2.38. The summed E-state index contributed by atoms with van der Waals surface area (Å²) < 4.78 is 118. The predicted octanol–water partition coefficient (Wildman–Crippen LogP) is 6.45. The van der Waals surface area contributed by atoms with E-state index in [2.05, 4.69) is 42.8 Å². The molecular formula is C48H52N10O19P4. The Bertz CT molecular complexity index is 3370. The molecule has 4 aromatic heterocycles. The number of phosphoric ester groups is 2. The molecule has 0 spiro atoms. The van der Waals surface area contributed by atoms with Crippen LogP contribution in [-0.2, 0) is 95.1 Å². The van der Waals surface area contributed by atoms with Crippen molar-refractivity contribution in [2.24, 2.45) is 0 Å². The van der Waals surface area contributed by atoms with E-state index in [1.165, 1.54) is 34.4 Å². The van der Waals surface area contributed by atoms with Gasteiger partial charge in [-0.3, -0.25) is 18.2 Å². The van der Waals surface area contributed by atoms with Gasteiger partial charge in [-0.15, -0.1) is 0 Å². The molecule has 29 nitrogen and oxygen atoms in total. The van der Waals surface area contributed by atoms with Crippen LogP contribution in [0.2, 0.25) is 0 Å². The fourth-order valence-corrected chi connectivity index (χ4v) is 13.8. The van der Waals surface area contributed by atoms with Crippen molar-refractivity contribution < 1.29 is 88.2 Å². The Labute approximate surface area is 460 Å². The van der Waals surface area contributed by atoms with Gasteiger partial charge in [-0.2, -0.15) is 12.9 Å². The number of phosphoric acid groups is 4. The Kier molecular flexibility index (Phi) is 18.1. The monoisotopic (exact) mass is 1200 g/mol. The minimum atomic E-state index is -6.27. The SMILES string of the molecule is Nc1ncnc2c1ncn2[C@@H]1O[C@H](COP(=O)(O)OP(=O)(O)OP(=O)(O)OP(=O)(O)OC[C@H]2O[C@H](n3cnc4c(N)ncnc43)[C@@H](OCc3ccccc3)[C@H]2OCc2ccccc2)[C@@H](OCc2ccccc2)[C@H]1OCc1ccccc1. The van der Waals surface area contributed by atoms with Crippen LogP contribution in [0.5, 0.6) is 0 Å². The molecule has 2 fully saturated rings. The minimum absolute atomic E-state index is 0.0229. The molecule has 0 bridgehead atoms. The highest BCUT2D eigenvalue weighted by Gasteiger charge is 2.52. The Hall–Kier alpha value is -6.10. The number of imidazole rings is 2. The van der Waals surface area contributed by atoms with Crippen molar-refractivity contribution in [2.45, 2.75) is 75.5 Å². The molecule has 0 amide bonds. The molecule has 2 aliphatic heterocycles. The maximum absolute atomic E-state index is 13.5. The second-order valence-electron chi connectivity index (χ2n) is 18.1. The third-order valence-corrected chi connectivity index (χ3v) is 18.4. The summed E-state index contributed by atoms with van der Waals surface area (Å²) in [7, 11) is -24.2. The fraction of sp³-hybridized carbons (Fsp3) is 0.292. The summed E-state index contributed by atoms with van der Waals surface area (Å²) >= 11 is 0. The van der Waals surface area contributed by atoms with Crippen molar-refractivity contribution in [3.8, 4) is 0 Å².